The van der Waals surface area contributed by atoms with Gasteiger partial charge in [0.1, 0.15) is 0 Å². The van der Waals surface area contributed by atoms with E-state index in [2.05, 4.69) is 46.5 Å². The van der Waals surface area contributed by atoms with E-state index < -0.39 is 0 Å². The molecule has 4 aromatic rings. The van der Waals surface area contributed by atoms with Crippen LogP contribution in [-0.4, -0.2) is 38.0 Å². The molecular weight excluding hydrogens is 348 g/mol. The lowest BCUT2D eigenvalue weighted by Crippen LogP contribution is -2.35. The number of imidazole rings is 1. The van der Waals surface area contributed by atoms with Crippen molar-refractivity contribution in [2.24, 2.45) is 14.1 Å². The van der Waals surface area contributed by atoms with Gasteiger partial charge in [-0.3, -0.25) is 4.79 Å². The molecule has 2 aromatic carbocycles. The number of benzene rings is 2. The molecule has 1 aliphatic rings. The molecule has 0 spiro atoms. The van der Waals surface area contributed by atoms with Gasteiger partial charge in [-0.1, -0.05) is 18.2 Å². The van der Waals surface area contributed by atoms with Crippen LogP contribution in [0.25, 0.3) is 33.5 Å². The van der Waals surface area contributed by atoms with Gasteiger partial charge in [-0.25, -0.2) is 4.98 Å². The van der Waals surface area contributed by atoms with Gasteiger partial charge >= 0.3 is 0 Å². The van der Waals surface area contributed by atoms with Crippen LogP contribution >= 0.6 is 0 Å². The van der Waals surface area contributed by atoms with Gasteiger partial charge in [0.25, 0.3) is 5.91 Å². The van der Waals surface area contributed by atoms with Crippen molar-refractivity contribution >= 4 is 27.8 Å². The normalized spacial score (nSPS) is 14.9. The van der Waals surface area contributed by atoms with Crippen molar-refractivity contribution < 1.29 is 4.79 Å². The third-order valence-electron chi connectivity index (χ3n) is 5.95. The molecule has 5 nitrogen and oxygen atoms in total. The summed E-state index contributed by atoms with van der Waals surface area (Å²) in [4.78, 5) is 19.7. The molecule has 142 valence electrons. The Labute approximate surface area is 164 Å². The average Bonchev–Trinajstić information content (AvgIpc) is 3.25. The van der Waals surface area contributed by atoms with Crippen molar-refractivity contribution in [2.45, 2.75) is 19.3 Å². The van der Waals surface area contributed by atoms with Gasteiger partial charge in [-0.2, -0.15) is 0 Å². The molecule has 0 N–H and O–H groups in total. The summed E-state index contributed by atoms with van der Waals surface area (Å²) >= 11 is 0. The van der Waals surface area contributed by atoms with Gasteiger partial charge in [0.2, 0.25) is 0 Å². The van der Waals surface area contributed by atoms with Gasteiger partial charge in [0, 0.05) is 43.7 Å². The predicted octanol–water partition coefficient (Wildman–Crippen LogP) is 4.36. The maximum atomic E-state index is 12.9. The van der Waals surface area contributed by atoms with Gasteiger partial charge in [-0.15, -0.1) is 0 Å². The summed E-state index contributed by atoms with van der Waals surface area (Å²) in [6.45, 7) is 1.72. The first-order valence-electron chi connectivity index (χ1n) is 9.94. The summed E-state index contributed by atoms with van der Waals surface area (Å²) in [6, 6.07) is 16.4. The number of aromatic nitrogens is 3. The molecule has 2 aromatic heterocycles. The molecule has 0 saturated carbocycles. The molecule has 1 amide bonds. The van der Waals surface area contributed by atoms with Crippen LogP contribution in [0.2, 0.25) is 0 Å². The molecule has 5 heteroatoms. The van der Waals surface area contributed by atoms with Crippen LogP contribution in [0.4, 0.5) is 0 Å². The van der Waals surface area contributed by atoms with Crippen LogP contribution in [0.15, 0.2) is 48.5 Å². The second-order valence-electron chi connectivity index (χ2n) is 7.70. The van der Waals surface area contributed by atoms with E-state index in [1.807, 2.05) is 30.1 Å². The SMILES string of the molecule is Cn1c(-c2nc3cc(C(=O)N4CCCCC4)ccc3n2C)cc2ccccc21. The Kier molecular flexibility index (Phi) is 3.97. The fourth-order valence-corrected chi connectivity index (χ4v) is 4.34. The Balaban J connectivity index is 1.58. The number of carbonyl (C=O) groups is 1. The molecule has 5 rings (SSSR count). The molecule has 1 aliphatic heterocycles. The molecule has 3 heterocycles. The number of hydrogen-bond donors (Lipinski definition) is 0. The smallest absolute Gasteiger partial charge is 0.253 e. The second kappa shape index (κ2) is 6.51. The van der Waals surface area contributed by atoms with E-state index in [1.54, 1.807) is 0 Å². The summed E-state index contributed by atoms with van der Waals surface area (Å²) in [6.07, 6.45) is 3.42. The van der Waals surface area contributed by atoms with Gasteiger partial charge in [0.15, 0.2) is 5.82 Å². The summed E-state index contributed by atoms with van der Waals surface area (Å²) < 4.78 is 4.29. The molecule has 0 radical (unpaired) electrons. The zero-order valence-electron chi connectivity index (χ0n) is 16.4. The van der Waals surface area contributed by atoms with E-state index in [0.29, 0.717) is 0 Å². The largest absolute Gasteiger partial charge is 0.341 e. The third kappa shape index (κ3) is 2.61. The van der Waals surface area contributed by atoms with E-state index in [1.165, 1.54) is 17.3 Å². The summed E-state index contributed by atoms with van der Waals surface area (Å²) in [5, 5.41) is 1.20. The first kappa shape index (κ1) is 17.0. The predicted molar refractivity (Wildman–Crippen MR) is 112 cm³/mol. The Bertz CT molecular complexity index is 1190. The van der Waals surface area contributed by atoms with Crippen LogP contribution < -0.4 is 0 Å². The number of para-hydroxylation sites is 1. The number of rotatable bonds is 2. The lowest BCUT2D eigenvalue weighted by molar-refractivity contribution is 0.0724. The van der Waals surface area contributed by atoms with Crippen LogP contribution in [-0.2, 0) is 14.1 Å². The molecule has 0 bridgehead atoms. The highest BCUT2D eigenvalue weighted by atomic mass is 16.2. The summed E-state index contributed by atoms with van der Waals surface area (Å²) in [5.74, 6) is 1.04. The number of hydrogen-bond acceptors (Lipinski definition) is 2. The fraction of sp³-hybridized carbons (Fsp3) is 0.304. The highest BCUT2D eigenvalue weighted by Gasteiger charge is 2.20. The quantitative estimate of drug-likeness (QED) is 0.525. The minimum atomic E-state index is 0.124. The number of amides is 1. The monoisotopic (exact) mass is 372 g/mol. The number of likely N-dealkylation sites (tertiary alicyclic amines) is 1. The van der Waals surface area contributed by atoms with Crippen LogP contribution in [0, 0.1) is 0 Å². The first-order chi connectivity index (χ1) is 13.6. The number of piperidine rings is 1. The van der Waals surface area contributed by atoms with Crippen LogP contribution in [0.5, 0.6) is 0 Å². The topological polar surface area (TPSA) is 43.1 Å². The number of carbonyl (C=O) groups excluding carboxylic acids is 1. The Morgan fingerprint density at radius 1 is 0.893 bits per heavy atom. The summed E-state index contributed by atoms with van der Waals surface area (Å²) in [7, 11) is 4.11. The zero-order valence-corrected chi connectivity index (χ0v) is 16.4. The first-order valence-corrected chi connectivity index (χ1v) is 9.94. The van der Waals surface area contributed by atoms with E-state index >= 15 is 0 Å². The van der Waals surface area contributed by atoms with Crippen molar-refractivity contribution in [3.8, 4) is 11.5 Å². The maximum absolute atomic E-state index is 12.9. The van der Waals surface area contributed by atoms with Crippen molar-refractivity contribution in [1.29, 1.82) is 0 Å². The average molecular weight is 372 g/mol. The number of aryl methyl sites for hydroxylation is 2. The fourth-order valence-electron chi connectivity index (χ4n) is 4.34. The number of fused-ring (bicyclic) bond motifs is 2. The lowest BCUT2D eigenvalue weighted by atomic mass is 10.1. The summed E-state index contributed by atoms with van der Waals surface area (Å²) in [5.41, 5.74) is 4.89. The van der Waals surface area contributed by atoms with Crippen LogP contribution in [0.1, 0.15) is 29.6 Å². The molecule has 0 unspecified atom stereocenters. The van der Waals surface area contributed by atoms with Gasteiger partial charge in [0.05, 0.1) is 16.7 Å². The Hall–Kier alpha value is -3.08. The lowest BCUT2D eigenvalue weighted by Gasteiger charge is -2.26. The van der Waals surface area contributed by atoms with Crippen molar-refractivity contribution in [3.63, 3.8) is 0 Å². The van der Waals surface area contributed by atoms with Gasteiger partial charge < -0.3 is 14.0 Å². The number of nitrogens with zero attached hydrogens (tertiary/aromatic N) is 4. The molecule has 1 saturated heterocycles. The molecule has 0 aliphatic carbocycles. The maximum Gasteiger partial charge on any atom is 0.253 e. The Morgan fingerprint density at radius 3 is 2.46 bits per heavy atom. The minimum Gasteiger partial charge on any atom is -0.341 e. The third-order valence-corrected chi connectivity index (χ3v) is 5.95. The molecule has 28 heavy (non-hydrogen) atoms. The van der Waals surface area contributed by atoms with E-state index in [9.17, 15) is 4.79 Å². The van der Waals surface area contributed by atoms with E-state index in [-0.39, 0.29) is 5.91 Å². The van der Waals surface area contributed by atoms with Crippen molar-refractivity contribution in [2.75, 3.05) is 13.1 Å². The highest BCUT2D eigenvalue weighted by molar-refractivity contribution is 5.98. The highest BCUT2D eigenvalue weighted by Crippen LogP contribution is 2.29. The van der Waals surface area contributed by atoms with E-state index in [0.717, 1.165) is 54.0 Å². The van der Waals surface area contributed by atoms with E-state index in [4.69, 9.17) is 4.98 Å². The molecule has 1 fully saturated rings. The standard InChI is InChI=1S/C23H24N4O/c1-25-19-9-5-4-8-16(19)15-21(25)22-24-18-14-17(10-11-20(18)26(22)2)23(28)27-12-6-3-7-13-27/h4-5,8-11,14-15H,3,6-7,12-13H2,1-2H3. The zero-order chi connectivity index (χ0) is 19.3. The van der Waals surface area contributed by atoms with Crippen molar-refractivity contribution in [1.82, 2.24) is 19.0 Å². The van der Waals surface area contributed by atoms with Crippen LogP contribution in [0.3, 0.4) is 0 Å². The minimum absolute atomic E-state index is 0.124. The molecular formula is C23H24N4O. The van der Waals surface area contributed by atoms with Crippen molar-refractivity contribution in [3.05, 3.63) is 54.1 Å². The second-order valence-corrected chi connectivity index (χ2v) is 7.70. The van der Waals surface area contributed by atoms with Gasteiger partial charge in [-0.05, 0) is 49.6 Å². The Morgan fingerprint density at radius 2 is 1.68 bits per heavy atom. The molecule has 0 atom stereocenters.